The Morgan fingerprint density at radius 1 is 0.826 bits per heavy atom. The van der Waals surface area contributed by atoms with Crippen molar-refractivity contribution in [2.75, 3.05) is 14.1 Å². The van der Waals surface area contributed by atoms with Crippen LogP contribution >= 0.6 is 0 Å². The van der Waals surface area contributed by atoms with Gasteiger partial charge in [0.25, 0.3) is 0 Å². The van der Waals surface area contributed by atoms with E-state index in [9.17, 15) is 8.42 Å². The van der Waals surface area contributed by atoms with Crippen LogP contribution in [0.2, 0.25) is 0 Å². The smallest absolute Gasteiger partial charge is 0.248 e. The predicted octanol–water partition coefficient (Wildman–Crippen LogP) is 2.65. The standard InChI is InChI=1S/C16H15N3O3S/c1-19(2)23(20,21)14-10-8-13(9-11-14)16-18-17-15(22-16)12-6-4-3-5-7-12/h3-11H,1-2H3. The van der Waals surface area contributed by atoms with Crippen molar-refractivity contribution in [3.05, 3.63) is 54.6 Å². The molecule has 0 bridgehead atoms. The molecule has 2 aromatic carbocycles. The molecule has 0 fully saturated rings. The highest BCUT2D eigenvalue weighted by atomic mass is 32.2. The molecular formula is C16H15N3O3S. The second kappa shape index (κ2) is 5.94. The number of nitrogens with zero attached hydrogens (tertiary/aromatic N) is 3. The third kappa shape index (κ3) is 3.01. The summed E-state index contributed by atoms with van der Waals surface area (Å²) in [5.41, 5.74) is 1.50. The Morgan fingerprint density at radius 3 is 1.87 bits per heavy atom. The van der Waals surface area contributed by atoms with Gasteiger partial charge >= 0.3 is 0 Å². The Bertz CT molecular complexity index is 901. The van der Waals surface area contributed by atoms with Crippen molar-refractivity contribution >= 4 is 10.0 Å². The Morgan fingerprint density at radius 2 is 1.35 bits per heavy atom. The first-order valence-electron chi connectivity index (χ1n) is 6.90. The lowest BCUT2D eigenvalue weighted by atomic mass is 10.2. The zero-order chi connectivity index (χ0) is 16.4. The van der Waals surface area contributed by atoms with Crippen molar-refractivity contribution < 1.29 is 12.8 Å². The summed E-state index contributed by atoms with van der Waals surface area (Å²) in [6.07, 6.45) is 0. The molecule has 1 heterocycles. The first kappa shape index (κ1) is 15.4. The normalized spacial score (nSPS) is 11.8. The topological polar surface area (TPSA) is 76.3 Å². The van der Waals surface area contributed by atoms with Crippen LogP contribution < -0.4 is 0 Å². The molecule has 0 unspecified atom stereocenters. The summed E-state index contributed by atoms with van der Waals surface area (Å²) in [4.78, 5) is 0.217. The molecule has 7 heteroatoms. The van der Waals surface area contributed by atoms with E-state index in [0.29, 0.717) is 17.3 Å². The SMILES string of the molecule is CN(C)S(=O)(=O)c1ccc(-c2nnc(-c3ccccc3)o2)cc1. The lowest BCUT2D eigenvalue weighted by molar-refractivity contribution is 0.520. The van der Waals surface area contributed by atoms with Gasteiger partial charge in [0, 0.05) is 25.2 Å². The Kier molecular flexibility index (Phi) is 3.97. The van der Waals surface area contributed by atoms with Crippen LogP contribution in [0.1, 0.15) is 0 Å². The molecule has 3 rings (SSSR count). The van der Waals surface area contributed by atoms with E-state index < -0.39 is 10.0 Å². The number of hydrogen-bond acceptors (Lipinski definition) is 5. The number of rotatable bonds is 4. The molecule has 0 N–H and O–H groups in total. The minimum Gasteiger partial charge on any atom is -0.416 e. The van der Waals surface area contributed by atoms with E-state index in [4.69, 9.17) is 4.42 Å². The highest BCUT2D eigenvalue weighted by molar-refractivity contribution is 7.89. The van der Waals surface area contributed by atoms with Gasteiger partial charge in [-0.1, -0.05) is 18.2 Å². The monoisotopic (exact) mass is 329 g/mol. The van der Waals surface area contributed by atoms with Crippen LogP contribution in [-0.2, 0) is 10.0 Å². The fourth-order valence-electron chi connectivity index (χ4n) is 2.02. The van der Waals surface area contributed by atoms with Crippen molar-refractivity contribution in [2.24, 2.45) is 0 Å². The van der Waals surface area contributed by atoms with E-state index in [0.717, 1.165) is 5.56 Å². The van der Waals surface area contributed by atoms with Crippen molar-refractivity contribution in [3.8, 4) is 22.9 Å². The van der Waals surface area contributed by atoms with Crippen LogP contribution in [-0.4, -0.2) is 37.0 Å². The van der Waals surface area contributed by atoms with Gasteiger partial charge < -0.3 is 4.42 Å². The van der Waals surface area contributed by atoms with Gasteiger partial charge in [-0.15, -0.1) is 10.2 Å². The van der Waals surface area contributed by atoms with Gasteiger partial charge in [-0.3, -0.25) is 0 Å². The van der Waals surface area contributed by atoms with Crippen LogP contribution in [0.15, 0.2) is 63.9 Å². The molecule has 0 atom stereocenters. The van der Waals surface area contributed by atoms with Crippen LogP contribution in [0.3, 0.4) is 0 Å². The molecule has 3 aromatic rings. The van der Waals surface area contributed by atoms with Crippen molar-refractivity contribution in [3.63, 3.8) is 0 Å². The van der Waals surface area contributed by atoms with Crippen molar-refractivity contribution in [1.82, 2.24) is 14.5 Å². The van der Waals surface area contributed by atoms with Crippen molar-refractivity contribution in [1.29, 1.82) is 0 Å². The van der Waals surface area contributed by atoms with Crippen LogP contribution in [0.25, 0.3) is 22.9 Å². The van der Waals surface area contributed by atoms with E-state index in [2.05, 4.69) is 10.2 Å². The largest absolute Gasteiger partial charge is 0.416 e. The van der Waals surface area contributed by atoms with Crippen LogP contribution in [0, 0.1) is 0 Å². The van der Waals surface area contributed by atoms with E-state index in [1.807, 2.05) is 30.3 Å². The van der Waals surface area contributed by atoms with Crippen molar-refractivity contribution in [2.45, 2.75) is 4.90 Å². The molecule has 0 saturated carbocycles. The maximum atomic E-state index is 12.0. The molecule has 0 amide bonds. The van der Waals surface area contributed by atoms with Crippen LogP contribution in [0.5, 0.6) is 0 Å². The molecule has 0 saturated heterocycles. The number of hydrogen-bond donors (Lipinski definition) is 0. The third-order valence-electron chi connectivity index (χ3n) is 3.33. The number of sulfonamides is 1. The van der Waals surface area contributed by atoms with E-state index in [1.165, 1.54) is 30.5 Å². The first-order valence-corrected chi connectivity index (χ1v) is 8.34. The summed E-state index contributed by atoms with van der Waals surface area (Å²) >= 11 is 0. The highest BCUT2D eigenvalue weighted by Gasteiger charge is 2.17. The van der Waals surface area contributed by atoms with Gasteiger partial charge in [-0.2, -0.15) is 0 Å². The summed E-state index contributed by atoms with van der Waals surface area (Å²) in [5, 5.41) is 8.03. The fraction of sp³-hybridized carbons (Fsp3) is 0.125. The molecule has 6 nitrogen and oxygen atoms in total. The lowest BCUT2D eigenvalue weighted by Gasteiger charge is -2.11. The summed E-state index contributed by atoms with van der Waals surface area (Å²) < 4.78 is 30.9. The first-order chi connectivity index (χ1) is 11.0. The second-order valence-electron chi connectivity index (χ2n) is 5.09. The number of benzene rings is 2. The van der Waals surface area contributed by atoms with Gasteiger partial charge in [-0.25, -0.2) is 12.7 Å². The number of aromatic nitrogens is 2. The van der Waals surface area contributed by atoms with E-state index in [1.54, 1.807) is 12.1 Å². The van der Waals surface area contributed by atoms with Crippen LogP contribution in [0.4, 0.5) is 0 Å². The van der Waals surface area contributed by atoms with Gasteiger partial charge in [-0.05, 0) is 36.4 Å². The average molecular weight is 329 g/mol. The molecular weight excluding hydrogens is 314 g/mol. The Labute approximate surface area is 134 Å². The van der Waals surface area contributed by atoms with Gasteiger partial charge in [0.1, 0.15) is 0 Å². The molecule has 0 radical (unpaired) electrons. The van der Waals surface area contributed by atoms with Gasteiger partial charge in [0.2, 0.25) is 21.8 Å². The molecule has 0 aliphatic heterocycles. The highest BCUT2D eigenvalue weighted by Crippen LogP contribution is 2.25. The molecule has 0 aliphatic carbocycles. The summed E-state index contributed by atoms with van der Waals surface area (Å²) in [6.45, 7) is 0. The molecule has 0 aliphatic rings. The molecule has 1 aromatic heterocycles. The molecule has 118 valence electrons. The zero-order valence-corrected chi connectivity index (χ0v) is 13.5. The minimum absolute atomic E-state index is 0.217. The third-order valence-corrected chi connectivity index (χ3v) is 5.15. The van der Waals surface area contributed by atoms with E-state index >= 15 is 0 Å². The second-order valence-corrected chi connectivity index (χ2v) is 7.24. The lowest BCUT2D eigenvalue weighted by Crippen LogP contribution is -2.22. The average Bonchev–Trinajstić information content (AvgIpc) is 3.05. The quantitative estimate of drug-likeness (QED) is 0.735. The summed E-state index contributed by atoms with van der Waals surface area (Å²) in [5.74, 6) is 0.767. The maximum absolute atomic E-state index is 12.0. The summed E-state index contributed by atoms with van der Waals surface area (Å²) in [7, 11) is -0.460. The molecule has 0 spiro atoms. The van der Waals surface area contributed by atoms with Gasteiger partial charge in [0.15, 0.2) is 0 Å². The summed E-state index contributed by atoms with van der Waals surface area (Å²) in [6, 6.07) is 15.8. The Balaban J connectivity index is 1.91. The maximum Gasteiger partial charge on any atom is 0.248 e. The van der Waals surface area contributed by atoms with Gasteiger partial charge in [0.05, 0.1) is 4.90 Å². The minimum atomic E-state index is -3.45. The van der Waals surface area contributed by atoms with E-state index in [-0.39, 0.29) is 4.90 Å². The predicted molar refractivity (Wildman–Crippen MR) is 86.0 cm³/mol. The Hall–Kier alpha value is -2.51. The molecule has 23 heavy (non-hydrogen) atoms. The fourth-order valence-corrected chi connectivity index (χ4v) is 2.92. The zero-order valence-electron chi connectivity index (χ0n) is 12.7.